The molecule has 0 atom stereocenters. The second-order valence-corrected chi connectivity index (χ2v) is 7.47. The summed E-state index contributed by atoms with van der Waals surface area (Å²) in [4.78, 5) is 29.6. The monoisotopic (exact) mass is 439 g/mol. The Hall–Kier alpha value is -3.62. The second-order valence-electron chi connectivity index (χ2n) is 7.47. The van der Waals surface area contributed by atoms with E-state index in [0.717, 1.165) is 18.5 Å². The van der Waals surface area contributed by atoms with Crippen LogP contribution in [0, 0.1) is 6.92 Å². The molecule has 2 heterocycles. The zero-order chi connectivity index (χ0) is 22.7. The minimum atomic E-state index is -0.623. The topological polar surface area (TPSA) is 113 Å². The Bertz CT molecular complexity index is 1150. The molecule has 1 aliphatic carbocycles. The molecular weight excluding hydrogens is 414 g/mol. The van der Waals surface area contributed by atoms with E-state index in [-0.39, 0.29) is 0 Å². The van der Waals surface area contributed by atoms with Gasteiger partial charge in [0, 0.05) is 23.4 Å². The van der Waals surface area contributed by atoms with E-state index >= 15 is 0 Å². The largest absolute Gasteiger partial charge is 0.490 e. The van der Waals surface area contributed by atoms with Gasteiger partial charge in [-0.3, -0.25) is 4.79 Å². The number of anilines is 1. The van der Waals surface area contributed by atoms with Crippen molar-refractivity contribution in [2.24, 2.45) is 0 Å². The van der Waals surface area contributed by atoms with Gasteiger partial charge < -0.3 is 24.1 Å². The molecule has 3 aromatic rings. The lowest BCUT2D eigenvalue weighted by molar-refractivity contribution is -0.119. The molecule has 9 nitrogen and oxygen atoms in total. The molecule has 1 N–H and O–H groups in total. The Morgan fingerprint density at radius 1 is 1.12 bits per heavy atom. The number of nitrogens with zero attached hydrogens (tertiary/aromatic N) is 2. The summed E-state index contributed by atoms with van der Waals surface area (Å²) in [5.41, 5.74) is 2.45. The highest BCUT2D eigenvalue weighted by Gasteiger charge is 2.29. The normalized spacial score (nSPS) is 13.1. The van der Waals surface area contributed by atoms with E-state index < -0.39 is 18.5 Å². The summed E-state index contributed by atoms with van der Waals surface area (Å²) in [7, 11) is 0. The number of ether oxygens (including phenoxy) is 3. The van der Waals surface area contributed by atoms with E-state index in [1.165, 1.54) is 0 Å². The number of aryl methyl sites for hydroxylation is 1. The zero-order valence-corrected chi connectivity index (χ0v) is 18.3. The van der Waals surface area contributed by atoms with Crippen LogP contribution in [-0.2, 0) is 9.53 Å². The Labute approximate surface area is 185 Å². The minimum absolute atomic E-state index is 0.307. The molecule has 2 aromatic heterocycles. The minimum Gasteiger partial charge on any atom is -0.490 e. The third-order valence-electron chi connectivity index (χ3n) is 5.01. The third-order valence-corrected chi connectivity index (χ3v) is 5.01. The van der Waals surface area contributed by atoms with Crippen molar-refractivity contribution >= 4 is 28.7 Å². The van der Waals surface area contributed by atoms with Gasteiger partial charge >= 0.3 is 5.97 Å². The maximum Gasteiger partial charge on any atom is 0.339 e. The van der Waals surface area contributed by atoms with Gasteiger partial charge in [0.15, 0.2) is 18.1 Å². The maximum absolute atomic E-state index is 12.8. The smallest absolute Gasteiger partial charge is 0.339 e. The number of benzene rings is 1. The van der Waals surface area contributed by atoms with Gasteiger partial charge in [-0.2, -0.15) is 0 Å². The molecule has 0 spiro atoms. The van der Waals surface area contributed by atoms with Gasteiger partial charge in [-0.15, -0.1) is 0 Å². The fourth-order valence-corrected chi connectivity index (χ4v) is 3.40. The van der Waals surface area contributed by atoms with Crippen LogP contribution in [0.15, 0.2) is 28.8 Å². The number of hydrogen-bond acceptors (Lipinski definition) is 8. The van der Waals surface area contributed by atoms with E-state index in [0.29, 0.717) is 58.7 Å². The molecule has 9 heteroatoms. The molecule has 0 saturated heterocycles. The predicted molar refractivity (Wildman–Crippen MR) is 116 cm³/mol. The molecule has 1 fully saturated rings. The number of aromatic nitrogens is 2. The lowest BCUT2D eigenvalue weighted by atomic mass is 10.1. The standard InChI is InChI=1S/C23H25N3O6/c1-4-29-18-9-8-15(10-19(18)30-5-2)24-20(27)12-31-23(28)16-11-17(14-6-7-14)25-22-21(16)13(3)26-32-22/h8-11,14H,4-7,12H2,1-3H3,(H,24,27). The van der Waals surface area contributed by atoms with Gasteiger partial charge in [0.25, 0.3) is 11.6 Å². The summed E-state index contributed by atoms with van der Waals surface area (Å²) in [5, 5.41) is 7.12. The van der Waals surface area contributed by atoms with Crippen molar-refractivity contribution in [1.82, 2.24) is 10.1 Å². The quantitative estimate of drug-likeness (QED) is 0.498. The number of pyridine rings is 1. The fourth-order valence-electron chi connectivity index (χ4n) is 3.40. The Morgan fingerprint density at radius 3 is 2.59 bits per heavy atom. The van der Waals surface area contributed by atoms with Gasteiger partial charge in [-0.25, -0.2) is 9.78 Å². The van der Waals surface area contributed by atoms with Crippen molar-refractivity contribution in [3.63, 3.8) is 0 Å². The summed E-state index contributed by atoms with van der Waals surface area (Å²) < 4.78 is 21.6. The first-order valence-corrected chi connectivity index (χ1v) is 10.6. The van der Waals surface area contributed by atoms with Crippen LogP contribution in [0.25, 0.3) is 11.1 Å². The highest BCUT2D eigenvalue weighted by molar-refractivity contribution is 6.04. The van der Waals surface area contributed by atoms with Gasteiger partial charge in [0.1, 0.15) is 0 Å². The van der Waals surface area contributed by atoms with Crippen LogP contribution in [0.2, 0.25) is 0 Å². The number of carbonyl (C=O) groups is 2. The van der Waals surface area contributed by atoms with Crippen LogP contribution < -0.4 is 14.8 Å². The van der Waals surface area contributed by atoms with Gasteiger partial charge in [0.2, 0.25) is 0 Å². The highest BCUT2D eigenvalue weighted by Crippen LogP contribution is 2.40. The Morgan fingerprint density at radius 2 is 1.88 bits per heavy atom. The van der Waals surface area contributed by atoms with Gasteiger partial charge in [0.05, 0.1) is 29.9 Å². The number of fused-ring (bicyclic) bond motifs is 1. The van der Waals surface area contributed by atoms with E-state index in [1.54, 1.807) is 31.2 Å². The zero-order valence-electron chi connectivity index (χ0n) is 18.3. The van der Waals surface area contributed by atoms with Crippen molar-refractivity contribution < 1.29 is 28.3 Å². The molecule has 32 heavy (non-hydrogen) atoms. The van der Waals surface area contributed by atoms with Gasteiger partial charge in [-0.05, 0) is 51.8 Å². The summed E-state index contributed by atoms with van der Waals surface area (Å²) >= 11 is 0. The number of esters is 1. The summed E-state index contributed by atoms with van der Waals surface area (Å²) in [6, 6.07) is 6.80. The van der Waals surface area contributed by atoms with Crippen molar-refractivity contribution in [3.8, 4) is 11.5 Å². The molecular formula is C23H25N3O6. The maximum atomic E-state index is 12.8. The molecule has 1 saturated carbocycles. The highest BCUT2D eigenvalue weighted by atomic mass is 16.5. The number of nitrogens with one attached hydrogen (secondary N) is 1. The molecule has 0 radical (unpaired) electrons. The molecule has 0 aliphatic heterocycles. The van der Waals surface area contributed by atoms with E-state index in [4.69, 9.17) is 18.7 Å². The summed E-state index contributed by atoms with van der Waals surface area (Å²) in [5.74, 6) is 0.343. The van der Waals surface area contributed by atoms with E-state index in [2.05, 4.69) is 15.5 Å². The Balaban J connectivity index is 1.44. The Kier molecular flexibility index (Phi) is 6.25. The van der Waals surface area contributed by atoms with Crippen LogP contribution in [0.3, 0.4) is 0 Å². The van der Waals surface area contributed by atoms with Crippen LogP contribution in [0.5, 0.6) is 11.5 Å². The van der Waals surface area contributed by atoms with Gasteiger partial charge in [-0.1, -0.05) is 5.16 Å². The van der Waals surface area contributed by atoms with Crippen LogP contribution in [0.1, 0.15) is 54.4 Å². The van der Waals surface area contributed by atoms with Crippen LogP contribution >= 0.6 is 0 Å². The van der Waals surface area contributed by atoms with Crippen LogP contribution in [-0.4, -0.2) is 41.8 Å². The number of rotatable bonds is 9. The average molecular weight is 439 g/mol. The first-order valence-electron chi connectivity index (χ1n) is 10.6. The van der Waals surface area contributed by atoms with E-state index in [1.807, 2.05) is 13.8 Å². The first kappa shape index (κ1) is 21.6. The van der Waals surface area contributed by atoms with Crippen molar-refractivity contribution in [1.29, 1.82) is 0 Å². The molecule has 4 rings (SSSR count). The molecule has 1 amide bonds. The SMILES string of the molecule is CCOc1ccc(NC(=O)COC(=O)c2cc(C3CC3)nc3onc(C)c23)cc1OCC. The predicted octanol–water partition coefficient (Wildman–Crippen LogP) is 4.00. The number of amides is 1. The number of carbonyl (C=O) groups excluding carboxylic acids is 2. The van der Waals surface area contributed by atoms with E-state index in [9.17, 15) is 9.59 Å². The fraction of sp³-hybridized carbons (Fsp3) is 0.391. The van der Waals surface area contributed by atoms with Crippen molar-refractivity contribution in [2.75, 3.05) is 25.1 Å². The lowest BCUT2D eigenvalue weighted by Gasteiger charge is -2.13. The molecule has 168 valence electrons. The first-order chi connectivity index (χ1) is 15.5. The van der Waals surface area contributed by atoms with Crippen molar-refractivity contribution in [2.45, 2.75) is 39.5 Å². The molecule has 1 aliphatic rings. The molecule has 0 unspecified atom stereocenters. The second kappa shape index (κ2) is 9.25. The number of hydrogen-bond donors (Lipinski definition) is 1. The molecule has 0 bridgehead atoms. The summed E-state index contributed by atoms with van der Waals surface area (Å²) in [6.07, 6.45) is 2.04. The summed E-state index contributed by atoms with van der Waals surface area (Å²) in [6.45, 7) is 5.99. The third kappa shape index (κ3) is 4.66. The van der Waals surface area contributed by atoms with Crippen LogP contribution in [0.4, 0.5) is 5.69 Å². The van der Waals surface area contributed by atoms with Crippen molar-refractivity contribution in [3.05, 3.63) is 41.2 Å². The average Bonchev–Trinajstić information content (AvgIpc) is 3.57. The molecule has 1 aromatic carbocycles. The lowest BCUT2D eigenvalue weighted by Crippen LogP contribution is -2.21.